The van der Waals surface area contributed by atoms with Gasteiger partial charge < -0.3 is 20.4 Å². The monoisotopic (exact) mass is 388 g/mol. The molecule has 0 aliphatic rings. The lowest BCUT2D eigenvalue weighted by Gasteiger charge is -2.28. The third-order valence-electron chi connectivity index (χ3n) is 5.01. The van der Waals surface area contributed by atoms with Gasteiger partial charge in [-0.3, -0.25) is 9.59 Å². The molecule has 0 fully saturated rings. The minimum absolute atomic E-state index is 0.0527. The molecule has 0 aromatic rings. The fourth-order valence-corrected chi connectivity index (χ4v) is 3.33. The van der Waals surface area contributed by atoms with Crippen LogP contribution in [0.15, 0.2) is 0 Å². The Kier molecular flexibility index (Phi) is 13.6. The van der Waals surface area contributed by atoms with Crippen LogP contribution in [0.25, 0.3) is 0 Å². The van der Waals surface area contributed by atoms with Crippen LogP contribution in [0, 0.1) is 5.92 Å². The predicted molar refractivity (Wildman–Crippen MR) is 102 cm³/mol. The summed E-state index contributed by atoms with van der Waals surface area (Å²) >= 11 is 0. The van der Waals surface area contributed by atoms with Crippen molar-refractivity contribution in [2.24, 2.45) is 5.92 Å². The molecule has 0 aromatic heterocycles. The number of hydrogen-bond donors (Lipinski definition) is 4. The van der Waals surface area contributed by atoms with E-state index in [9.17, 15) is 24.6 Å². The average molecular weight is 389 g/mol. The van der Waals surface area contributed by atoms with E-state index in [4.69, 9.17) is 10.2 Å². The van der Waals surface area contributed by atoms with Crippen molar-refractivity contribution in [2.75, 3.05) is 0 Å². The summed E-state index contributed by atoms with van der Waals surface area (Å²) in [6, 6.07) is 0. The zero-order valence-corrected chi connectivity index (χ0v) is 16.5. The van der Waals surface area contributed by atoms with Crippen molar-refractivity contribution in [1.82, 2.24) is 0 Å². The molecule has 158 valence electrons. The topological polar surface area (TPSA) is 132 Å². The van der Waals surface area contributed by atoms with Crippen molar-refractivity contribution in [3.05, 3.63) is 0 Å². The Morgan fingerprint density at radius 2 is 1.15 bits per heavy atom. The molecule has 27 heavy (non-hydrogen) atoms. The Morgan fingerprint density at radius 1 is 0.741 bits per heavy atom. The molecule has 7 nitrogen and oxygen atoms in total. The second kappa shape index (κ2) is 14.4. The van der Waals surface area contributed by atoms with Crippen molar-refractivity contribution in [1.29, 1.82) is 0 Å². The van der Waals surface area contributed by atoms with E-state index in [0.29, 0.717) is 6.42 Å². The van der Waals surface area contributed by atoms with Gasteiger partial charge in [0, 0.05) is 0 Å². The summed E-state index contributed by atoms with van der Waals surface area (Å²) in [6.45, 7) is 2.20. The minimum Gasteiger partial charge on any atom is -0.481 e. The summed E-state index contributed by atoms with van der Waals surface area (Å²) in [5.41, 5.74) is -2.78. The molecule has 0 aliphatic carbocycles. The fourth-order valence-electron chi connectivity index (χ4n) is 3.33. The molecule has 0 aliphatic heterocycles. The van der Waals surface area contributed by atoms with E-state index in [-0.39, 0.29) is 6.42 Å². The van der Waals surface area contributed by atoms with Crippen molar-refractivity contribution in [3.63, 3.8) is 0 Å². The van der Waals surface area contributed by atoms with E-state index in [1.54, 1.807) is 0 Å². The highest BCUT2D eigenvalue weighted by molar-refractivity contribution is 5.89. The van der Waals surface area contributed by atoms with E-state index < -0.39 is 35.8 Å². The second-order valence-corrected chi connectivity index (χ2v) is 7.37. The van der Waals surface area contributed by atoms with E-state index in [1.165, 1.54) is 44.9 Å². The van der Waals surface area contributed by atoms with Gasteiger partial charge >= 0.3 is 17.9 Å². The van der Waals surface area contributed by atoms with Gasteiger partial charge in [0.2, 0.25) is 0 Å². The molecule has 0 saturated carbocycles. The van der Waals surface area contributed by atoms with Crippen LogP contribution < -0.4 is 0 Å². The largest absolute Gasteiger partial charge is 0.481 e. The maximum absolute atomic E-state index is 11.3. The fraction of sp³-hybridized carbons (Fsp3) is 0.850. The number of unbranched alkanes of at least 4 members (excludes halogenated alkanes) is 11. The van der Waals surface area contributed by atoms with Gasteiger partial charge in [0.1, 0.15) is 0 Å². The lowest BCUT2D eigenvalue weighted by atomic mass is 9.81. The maximum Gasteiger partial charge on any atom is 0.337 e. The molecule has 4 N–H and O–H groups in total. The van der Waals surface area contributed by atoms with Gasteiger partial charge in [0.25, 0.3) is 0 Å². The SMILES string of the molecule is CCCCCCCCCCCCCCC(C(=O)O)C(O)(CC(=O)O)C(=O)O. The van der Waals surface area contributed by atoms with Crippen LogP contribution >= 0.6 is 0 Å². The third kappa shape index (κ3) is 11.0. The maximum atomic E-state index is 11.3. The van der Waals surface area contributed by atoms with Crippen LogP contribution in [0.2, 0.25) is 0 Å². The number of aliphatic hydroxyl groups is 1. The second-order valence-electron chi connectivity index (χ2n) is 7.37. The Hall–Kier alpha value is -1.63. The Bertz CT molecular complexity index is 450. The number of carboxylic acid groups (broad SMARTS) is 3. The van der Waals surface area contributed by atoms with E-state index in [2.05, 4.69) is 6.92 Å². The summed E-state index contributed by atoms with van der Waals surface area (Å²) in [5, 5.41) is 37.2. The first kappa shape index (κ1) is 25.4. The normalized spacial score (nSPS) is 14.4. The highest BCUT2D eigenvalue weighted by Gasteiger charge is 2.49. The molecule has 0 spiro atoms. The van der Waals surface area contributed by atoms with Gasteiger partial charge in [-0.1, -0.05) is 84.0 Å². The lowest BCUT2D eigenvalue weighted by Crippen LogP contribution is -2.50. The van der Waals surface area contributed by atoms with Gasteiger partial charge in [0.15, 0.2) is 5.60 Å². The first-order valence-electron chi connectivity index (χ1n) is 10.2. The Labute approximate surface area is 161 Å². The number of aliphatic carboxylic acids is 3. The predicted octanol–water partition coefficient (Wildman–Crippen LogP) is 4.07. The molecule has 7 heteroatoms. The van der Waals surface area contributed by atoms with Crippen LogP contribution in [0.5, 0.6) is 0 Å². The number of carboxylic acids is 3. The van der Waals surface area contributed by atoms with E-state index in [1.807, 2.05) is 0 Å². The van der Waals surface area contributed by atoms with Gasteiger partial charge in [-0.25, -0.2) is 4.79 Å². The molecular formula is C20H36O7. The molecule has 0 saturated heterocycles. The quantitative estimate of drug-likeness (QED) is 0.260. The molecular weight excluding hydrogens is 352 g/mol. The molecule has 2 unspecified atom stereocenters. The van der Waals surface area contributed by atoms with Crippen LogP contribution in [0.4, 0.5) is 0 Å². The van der Waals surface area contributed by atoms with Gasteiger partial charge in [-0.05, 0) is 6.42 Å². The molecule has 0 amide bonds. The zero-order chi connectivity index (χ0) is 20.7. The van der Waals surface area contributed by atoms with Gasteiger partial charge in [-0.2, -0.15) is 0 Å². The standard InChI is InChI=1S/C20H36O7/c1-2-3-4-5-6-7-8-9-10-11-12-13-14-16(18(23)24)20(27,19(25)26)15-17(21)22/h16,27H,2-15H2,1H3,(H,21,22)(H,23,24)(H,25,26). The van der Waals surface area contributed by atoms with Crippen LogP contribution in [-0.2, 0) is 14.4 Å². The van der Waals surface area contributed by atoms with Gasteiger partial charge in [0.05, 0.1) is 12.3 Å². The first-order valence-corrected chi connectivity index (χ1v) is 10.2. The zero-order valence-electron chi connectivity index (χ0n) is 16.5. The molecule has 0 bridgehead atoms. The van der Waals surface area contributed by atoms with Crippen LogP contribution in [-0.4, -0.2) is 43.9 Å². The van der Waals surface area contributed by atoms with E-state index >= 15 is 0 Å². The van der Waals surface area contributed by atoms with Crippen LogP contribution in [0.1, 0.15) is 96.8 Å². The number of rotatable bonds is 18. The van der Waals surface area contributed by atoms with Crippen LogP contribution in [0.3, 0.4) is 0 Å². The molecule has 0 radical (unpaired) electrons. The number of hydrogen-bond acceptors (Lipinski definition) is 4. The molecule has 0 aromatic carbocycles. The molecule has 0 heterocycles. The Balaban J connectivity index is 4.05. The number of carbonyl (C=O) groups is 3. The summed E-state index contributed by atoms with van der Waals surface area (Å²) in [6.07, 6.45) is 12.0. The highest BCUT2D eigenvalue weighted by Crippen LogP contribution is 2.28. The highest BCUT2D eigenvalue weighted by atomic mass is 16.4. The van der Waals surface area contributed by atoms with Crippen molar-refractivity contribution in [2.45, 2.75) is 102 Å². The Morgan fingerprint density at radius 3 is 1.48 bits per heavy atom. The first-order chi connectivity index (χ1) is 12.8. The molecule has 2 atom stereocenters. The van der Waals surface area contributed by atoms with Gasteiger partial charge in [-0.15, -0.1) is 0 Å². The van der Waals surface area contributed by atoms with Crippen molar-refractivity contribution < 1.29 is 34.8 Å². The summed E-state index contributed by atoms with van der Waals surface area (Å²) in [7, 11) is 0. The summed E-state index contributed by atoms with van der Waals surface area (Å²) in [5.74, 6) is -6.46. The van der Waals surface area contributed by atoms with E-state index in [0.717, 1.165) is 25.7 Å². The summed E-state index contributed by atoms with van der Waals surface area (Å²) < 4.78 is 0. The third-order valence-corrected chi connectivity index (χ3v) is 5.01. The summed E-state index contributed by atoms with van der Waals surface area (Å²) in [4.78, 5) is 33.4. The van der Waals surface area contributed by atoms with Crippen molar-refractivity contribution in [3.8, 4) is 0 Å². The molecule has 0 rings (SSSR count). The average Bonchev–Trinajstić information content (AvgIpc) is 2.57. The smallest absolute Gasteiger partial charge is 0.337 e. The lowest BCUT2D eigenvalue weighted by molar-refractivity contribution is -0.179. The van der Waals surface area contributed by atoms with Crippen molar-refractivity contribution >= 4 is 17.9 Å². The minimum atomic E-state index is -2.78.